The van der Waals surface area contributed by atoms with E-state index in [1.807, 2.05) is 0 Å². The molecule has 0 aliphatic rings. The summed E-state index contributed by atoms with van der Waals surface area (Å²) in [5.41, 5.74) is 0.773. The fourth-order valence-electron chi connectivity index (χ4n) is 1.92. The van der Waals surface area contributed by atoms with Crippen molar-refractivity contribution in [3.63, 3.8) is 0 Å². The van der Waals surface area contributed by atoms with Crippen molar-refractivity contribution in [2.24, 2.45) is 0 Å². The molecule has 0 saturated heterocycles. The molecule has 8 heteroatoms. The largest absolute Gasteiger partial charge is 0.456 e. The lowest BCUT2D eigenvalue weighted by molar-refractivity contribution is -0.147. The first-order chi connectivity index (χ1) is 12.4. The quantitative estimate of drug-likeness (QED) is 0.742. The molecule has 0 radical (unpaired) electrons. The lowest BCUT2D eigenvalue weighted by Gasteiger charge is -2.07. The number of ether oxygens (including phenoxy) is 1. The van der Waals surface area contributed by atoms with E-state index >= 15 is 0 Å². The third-order valence-electron chi connectivity index (χ3n) is 3.18. The number of hydrogen-bond acceptors (Lipinski definition) is 4. The third kappa shape index (κ3) is 6.68. The van der Waals surface area contributed by atoms with E-state index < -0.39 is 36.0 Å². The highest BCUT2D eigenvalue weighted by Gasteiger charge is 2.11. The Hall–Kier alpha value is -3.29. The van der Waals surface area contributed by atoms with Crippen LogP contribution in [0, 0.1) is 11.6 Å². The van der Waals surface area contributed by atoms with Crippen LogP contribution in [0.25, 0.3) is 0 Å². The number of anilines is 2. The van der Waals surface area contributed by atoms with Crippen LogP contribution in [0.15, 0.2) is 48.5 Å². The average molecular weight is 362 g/mol. The highest BCUT2D eigenvalue weighted by molar-refractivity contribution is 5.94. The van der Waals surface area contributed by atoms with Gasteiger partial charge in [0.2, 0.25) is 5.91 Å². The van der Waals surface area contributed by atoms with Gasteiger partial charge in [-0.05, 0) is 48.5 Å². The van der Waals surface area contributed by atoms with E-state index in [1.165, 1.54) is 48.5 Å². The van der Waals surface area contributed by atoms with Crippen molar-refractivity contribution in [3.05, 3.63) is 60.2 Å². The summed E-state index contributed by atoms with van der Waals surface area (Å²) in [6, 6.07) is 10.3. The van der Waals surface area contributed by atoms with Gasteiger partial charge in [-0.3, -0.25) is 14.4 Å². The Morgan fingerprint density at radius 3 is 1.69 bits per heavy atom. The van der Waals surface area contributed by atoms with Crippen molar-refractivity contribution in [2.45, 2.75) is 12.8 Å². The summed E-state index contributed by atoms with van der Waals surface area (Å²) in [5.74, 6) is -2.60. The maximum absolute atomic E-state index is 12.8. The summed E-state index contributed by atoms with van der Waals surface area (Å²) in [4.78, 5) is 34.9. The van der Waals surface area contributed by atoms with E-state index in [-0.39, 0.29) is 12.8 Å². The molecular weight excluding hydrogens is 346 g/mol. The molecule has 0 spiro atoms. The number of rotatable bonds is 7. The highest BCUT2D eigenvalue weighted by Crippen LogP contribution is 2.10. The summed E-state index contributed by atoms with van der Waals surface area (Å²) in [7, 11) is 0. The molecule has 0 unspecified atom stereocenters. The molecule has 0 aliphatic carbocycles. The first kappa shape index (κ1) is 19.0. The lowest BCUT2D eigenvalue weighted by atomic mass is 10.2. The molecule has 0 fully saturated rings. The number of carbonyl (C=O) groups excluding carboxylic acids is 3. The second-order valence-electron chi connectivity index (χ2n) is 5.27. The number of amides is 2. The van der Waals surface area contributed by atoms with Crippen molar-refractivity contribution in [1.82, 2.24) is 0 Å². The molecule has 0 atom stereocenters. The fourth-order valence-corrected chi connectivity index (χ4v) is 1.92. The number of halogens is 2. The predicted molar refractivity (Wildman–Crippen MR) is 90.3 cm³/mol. The van der Waals surface area contributed by atoms with Gasteiger partial charge in [-0.2, -0.15) is 0 Å². The Balaban J connectivity index is 1.66. The van der Waals surface area contributed by atoms with Gasteiger partial charge in [0.25, 0.3) is 5.91 Å². The molecule has 6 nitrogen and oxygen atoms in total. The minimum Gasteiger partial charge on any atom is -0.456 e. The van der Waals surface area contributed by atoms with Gasteiger partial charge in [0.05, 0.1) is 6.42 Å². The lowest BCUT2D eigenvalue weighted by Crippen LogP contribution is -2.21. The summed E-state index contributed by atoms with van der Waals surface area (Å²) < 4.78 is 30.3. The van der Waals surface area contributed by atoms with Crippen LogP contribution in [-0.4, -0.2) is 24.4 Å². The maximum Gasteiger partial charge on any atom is 0.306 e. The molecule has 2 amide bonds. The SMILES string of the molecule is O=C(CCC(=O)OCC(=O)Nc1ccc(F)cc1)Nc1ccc(F)cc1. The number of benzene rings is 2. The first-order valence-corrected chi connectivity index (χ1v) is 7.69. The monoisotopic (exact) mass is 362 g/mol. The zero-order valence-corrected chi connectivity index (χ0v) is 13.6. The predicted octanol–water partition coefficient (Wildman–Crippen LogP) is 2.87. The Labute approximate surface area is 148 Å². The van der Waals surface area contributed by atoms with Gasteiger partial charge in [-0.15, -0.1) is 0 Å². The van der Waals surface area contributed by atoms with Crippen LogP contribution in [-0.2, 0) is 19.1 Å². The van der Waals surface area contributed by atoms with Crippen LogP contribution in [0.4, 0.5) is 20.2 Å². The van der Waals surface area contributed by atoms with Crippen molar-refractivity contribution in [2.75, 3.05) is 17.2 Å². The maximum atomic E-state index is 12.8. The van der Waals surface area contributed by atoms with E-state index in [9.17, 15) is 23.2 Å². The van der Waals surface area contributed by atoms with E-state index in [1.54, 1.807) is 0 Å². The molecule has 0 saturated carbocycles. The van der Waals surface area contributed by atoms with Crippen LogP contribution in [0.3, 0.4) is 0 Å². The van der Waals surface area contributed by atoms with Crippen LogP contribution in [0.2, 0.25) is 0 Å². The van der Waals surface area contributed by atoms with Gasteiger partial charge >= 0.3 is 5.97 Å². The van der Waals surface area contributed by atoms with E-state index in [4.69, 9.17) is 4.74 Å². The molecule has 2 rings (SSSR count). The molecule has 2 aromatic carbocycles. The number of hydrogen-bond donors (Lipinski definition) is 2. The second kappa shape index (κ2) is 9.26. The Bertz CT molecular complexity index is 711. The summed E-state index contributed by atoms with van der Waals surface area (Å²) >= 11 is 0. The smallest absolute Gasteiger partial charge is 0.306 e. The van der Waals surface area contributed by atoms with Crippen molar-refractivity contribution in [3.8, 4) is 0 Å². The molecule has 2 aromatic rings. The van der Waals surface area contributed by atoms with Crippen LogP contribution < -0.4 is 10.6 Å². The van der Waals surface area contributed by atoms with Gasteiger partial charge in [-0.25, -0.2) is 8.78 Å². The molecule has 2 N–H and O–H groups in total. The van der Waals surface area contributed by atoms with Gasteiger partial charge in [0.1, 0.15) is 11.6 Å². The molecule has 0 aromatic heterocycles. The average Bonchev–Trinajstić information content (AvgIpc) is 2.62. The van der Waals surface area contributed by atoms with E-state index in [0.717, 1.165) is 0 Å². The molecule has 0 bridgehead atoms. The highest BCUT2D eigenvalue weighted by atomic mass is 19.1. The topological polar surface area (TPSA) is 84.5 Å². The number of esters is 1. The fraction of sp³-hybridized carbons (Fsp3) is 0.167. The van der Waals surface area contributed by atoms with Gasteiger partial charge in [0, 0.05) is 17.8 Å². The second-order valence-corrected chi connectivity index (χ2v) is 5.27. The Kier molecular flexibility index (Phi) is 6.78. The summed E-state index contributed by atoms with van der Waals surface area (Å²) in [6.07, 6.45) is -0.355. The summed E-state index contributed by atoms with van der Waals surface area (Å²) in [5, 5.41) is 4.94. The molecule has 26 heavy (non-hydrogen) atoms. The normalized spacial score (nSPS) is 10.1. The van der Waals surface area contributed by atoms with Crippen LogP contribution in [0.5, 0.6) is 0 Å². The molecule has 136 valence electrons. The Morgan fingerprint density at radius 2 is 1.19 bits per heavy atom. The Morgan fingerprint density at radius 1 is 0.731 bits per heavy atom. The zero-order chi connectivity index (χ0) is 18.9. The molecule has 0 aliphatic heterocycles. The van der Waals surface area contributed by atoms with E-state index in [2.05, 4.69) is 10.6 Å². The van der Waals surface area contributed by atoms with Gasteiger partial charge < -0.3 is 15.4 Å². The number of carbonyl (C=O) groups is 3. The van der Waals surface area contributed by atoms with E-state index in [0.29, 0.717) is 11.4 Å². The molecular formula is C18H16F2N2O4. The third-order valence-corrected chi connectivity index (χ3v) is 3.18. The summed E-state index contributed by atoms with van der Waals surface area (Å²) in [6.45, 7) is -0.518. The minimum atomic E-state index is -0.714. The zero-order valence-electron chi connectivity index (χ0n) is 13.6. The van der Waals surface area contributed by atoms with Gasteiger partial charge in [-0.1, -0.05) is 0 Å². The van der Waals surface area contributed by atoms with Crippen molar-refractivity contribution < 1.29 is 27.9 Å². The first-order valence-electron chi connectivity index (χ1n) is 7.69. The van der Waals surface area contributed by atoms with Crippen LogP contribution >= 0.6 is 0 Å². The van der Waals surface area contributed by atoms with Crippen LogP contribution in [0.1, 0.15) is 12.8 Å². The van der Waals surface area contributed by atoms with Crippen molar-refractivity contribution >= 4 is 29.2 Å². The molecule has 0 heterocycles. The standard InChI is InChI=1S/C18H16F2N2O4/c19-12-1-5-14(6-2-12)21-16(23)9-10-18(25)26-11-17(24)22-15-7-3-13(20)4-8-15/h1-8H,9-11H2,(H,21,23)(H,22,24). The van der Waals surface area contributed by atoms with Crippen molar-refractivity contribution in [1.29, 1.82) is 0 Å². The minimum absolute atomic E-state index is 0.143. The number of nitrogens with one attached hydrogen (secondary N) is 2. The van der Waals surface area contributed by atoms with Gasteiger partial charge in [0.15, 0.2) is 6.61 Å².